The molecular weight excluding hydrogens is 411 g/mol. The molecule has 150 valence electrons. The first-order chi connectivity index (χ1) is 14.0. The van der Waals surface area contributed by atoms with Crippen molar-refractivity contribution >= 4 is 29.3 Å². The minimum absolute atomic E-state index is 0.277. The van der Waals surface area contributed by atoms with E-state index in [2.05, 4.69) is 22.2 Å². The molecule has 0 saturated carbocycles. The molecule has 1 N–H and O–H groups in total. The van der Waals surface area contributed by atoms with Crippen molar-refractivity contribution in [3.8, 4) is 5.69 Å². The van der Waals surface area contributed by atoms with Gasteiger partial charge in [0, 0.05) is 13.0 Å². The quantitative estimate of drug-likeness (QED) is 0.514. The normalized spacial score (nSPS) is 12.8. The van der Waals surface area contributed by atoms with Crippen LogP contribution in [0.15, 0.2) is 67.4 Å². The Labute approximate surface area is 179 Å². The first-order valence-corrected chi connectivity index (χ1v) is 9.71. The standard InChI is InChI=1S/C21H20Cl2N4O2/c1-3-7-16(14-10-11-17(22)18(23)12-14)20(29-21(28)24-2)19-13-25-26-27(19)15-8-5-4-6-9-15/h3-6,8-13,16,20H,1,7H2,2H3,(H,24,28). The maximum atomic E-state index is 12.2. The van der Waals surface area contributed by atoms with Crippen molar-refractivity contribution in [2.75, 3.05) is 7.05 Å². The molecule has 3 rings (SSSR count). The van der Waals surface area contributed by atoms with Gasteiger partial charge in [0.1, 0.15) is 5.69 Å². The summed E-state index contributed by atoms with van der Waals surface area (Å²) in [5.74, 6) is -0.277. The summed E-state index contributed by atoms with van der Waals surface area (Å²) in [5.41, 5.74) is 2.28. The van der Waals surface area contributed by atoms with Gasteiger partial charge in [-0.25, -0.2) is 9.48 Å². The highest BCUT2D eigenvalue weighted by Crippen LogP contribution is 2.39. The Morgan fingerprint density at radius 1 is 1.24 bits per heavy atom. The Balaban J connectivity index is 2.11. The number of para-hydroxylation sites is 1. The first-order valence-electron chi connectivity index (χ1n) is 8.95. The summed E-state index contributed by atoms with van der Waals surface area (Å²) in [6, 6.07) is 14.9. The van der Waals surface area contributed by atoms with E-state index in [0.29, 0.717) is 22.2 Å². The van der Waals surface area contributed by atoms with Crippen LogP contribution in [0.4, 0.5) is 4.79 Å². The lowest BCUT2D eigenvalue weighted by atomic mass is 9.88. The predicted molar refractivity (Wildman–Crippen MR) is 114 cm³/mol. The molecule has 6 nitrogen and oxygen atoms in total. The molecule has 0 spiro atoms. The Bertz CT molecular complexity index is 991. The van der Waals surface area contributed by atoms with Crippen LogP contribution >= 0.6 is 23.2 Å². The average Bonchev–Trinajstić information content (AvgIpc) is 3.23. The van der Waals surface area contributed by atoms with Crippen molar-refractivity contribution in [3.63, 3.8) is 0 Å². The zero-order chi connectivity index (χ0) is 20.8. The lowest BCUT2D eigenvalue weighted by Crippen LogP contribution is -2.26. The molecule has 1 aromatic heterocycles. The smallest absolute Gasteiger partial charge is 0.407 e. The van der Waals surface area contributed by atoms with Crippen LogP contribution in [0.25, 0.3) is 5.69 Å². The number of carbonyl (C=O) groups excluding carboxylic acids is 1. The van der Waals surface area contributed by atoms with Gasteiger partial charge in [-0.3, -0.25) is 0 Å². The maximum absolute atomic E-state index is 12.2. The molecule has 29 heavy (non-hydrogen) atoms. The molecule has 0 radical (unpaired) electrons. The highest BCUT2D eigenvalue weighted by molar-refractivity contribution is 6.42. The maximum Gasteiger partial charge on any atom is 0.407 e. The van der Waals surface area contributed by atoms with Crippen LogP contribution in [-0.4, -0.2) is 28.1 Å². The number of hydrogen-bond acceptors (Lipinski definition) is 4. The number of benzene rings is 2. The molecule has 0 aliphatic heterocycles. The molecule has 0 saturated heterocycles. The summed E-state index contributed by atoms with van der Waals surface area (Å²) in [6.07, 6.45) is 2.63. The zero-order valence-electron chi connectivity index (χ0n) is 15.8. The molecule has 0 aliphatic rings. The highest BCUT2D eigenvalue weighted by Gasteiger charge is 2.31. The topological polar surface area (TPSA) is 69.0 Å². The number of amides is 1. The van der Waals surface area contributed by atoms with Gasteiger partial charge < -0.3 is 10.1 Å². The van der Waals surface area contributed by atoms with E-state index in [4.69, 9.17) is 27.9 Å². The number of aromatic nitrogens is 3. The number of alkyl carbamates (subject to hydrolysis) is 1. The number of nitrogens with zero attached hydrogens (tertiary/aromatic N) is 3. The molecule has 0 fully saturated rings. The molecule has 0 aliphatic carbocycles. The van der Waals surface area contributed by atoms with Crippen LogP contribution in [0.2, 0.25) is 10.0 Å². The van der Waals surface area contributed by atoms with Gasteiger partial charge in [0.2, 0.25) is 0 Å². The van der Waals surface area contributed by atoms with Crippen LogP contribution in [0.5, 0.6) is 0 Å². The summed E-state index contributed by atoms with van der Waals surface area (Å²) in [5, 5.41) is 11.6. The second-order valence-electron chi connectivity index (χ2n) is 6.29. The molecule has 2 atom stereocenters. The van der Waals surface area contributed by atoms with Gasteiger partial charge in [0.15, 0.2) is 6.10 Å². The van der Waals surface area contributed by atoms with E-state index in [9.17, 15) is 4.79 Å². The van der Waals surface area contributed by atoms with Gasteiger partial charge >= 0.3 is 6.09 Å². The highest BCUT2D eigenvalue weighted by atomic mass is 35.5. The molecule has 1 heterocycles. The van der Waals surface area contributed by atoms with Crippen LogP contribution in [0.1, 0.15) is 29.7 Å². The number of ether oxygens (including phenoxy) is 1. The second kappa shape index (κ2) is 9.58. The largest absolute Gasteiger partial charge is 0.439 e. The van der Waals surface area contributed by atoms with E-state index >= 15 is 0 Å². The molecule has 8 heteroatoms. The van der Waals surface area contributed by atoms with Crippen molar-refractivity contribution in [3.05, 3.63) is 88.7 Å². The van der Waals surface area contributed by atoms with E-state index in [1.54, 1.807) is 29.1 Å². The van der Waals surface area contributed by atoms with Crippen molar-refractivity contribution in [1.29, 1.82) is 0 Å². The first kappa shape index (κ1) is 20.9. The van der Waals surface area contributed by atoms with Gasteiger partial charge in [-0.1, -0.05) is 58.8 Å². The Hall–Kier alpha value is -2.83. The van der Waals surface area contributed by atoms with Crippen LogP contribution in [0.3, 0.4) is 0 Å². The minimum atomic E-state index is -0.694. The summed E-state index contributed by atoms with van der Waals surface area (Å²) in [7, 11) is 1.51. The summed E-state index contributed by atoms with van der Waals surface area (Å²) in [6.45, 7) is 3.86. The van der Waals surface area contributed by atoms with E-state index in [1.807, 2.05) is 36.4 Å². The summed E-state index contributed by atoms with van der Waals surface area (Å²) >= 11 is 12.3. The van der Waals surface area contributed by atoms with E-state index in [-0.39, 0.29) is 5.92 Å². The van der Waals surface area contributed by atoms with Gasteiger partial charge in [-0.05, 0) is 36.2 Å². The summed E-state index contributed by atoms with van der Waals surface area (Å²) in [4.78, 5) is 12.2. The van der Waals surface area contributed by atoms with E-state index in [0.717, 1.165) is 11.3 Å². The number of rotatable bonds is 7. The van der Waals surface area contributed by atoms with Crippen molar-refractivity contribution in [1.82, 2.24) is 20.3 Å². The molecular formula is C21H20Cl2N4O2. The van der Waals surface area contributed by atoms with E-state index < -0.39 is 12.2 Å². The fourth-order valence-electron chi connectivity index (χ4n) is 3.09. The number of allylic oxidation sites excluding steroid dienone is 1. The third-order valence-corrected chi connectivity index (χ3v) is 5.20. The van der Waals surface area contributed by atoms with Crippen LogP contribution in [0, 0.1) is 0 Å². The number of halogens is 2. The number of carbonyl (C=O) groups is 1. The van der Waals surface area contributed by atoms with Crippen molar-refractivity contribution in [2.24, 2.45) is 0 Å². The zero-order valence-corrected chi connectivity index (χ0v) is 17.3. The third-order valence-electron chi connectivity index (χ3n) is 4.46. The fourth-order valence-corrected chi connectivity index (χ4v) is 3.39. The van der Waals surface area contributed by atoms with Crippen LogP contribution in [-0.2, 0) is 4.74 Å². The molecule has 1 amide bonds. The summed E-state index contributed by atoms with van der Waals surface area (Å²) < 4.78 is 7.42. The molecule has 2 aromatic carbocycles. The Morgan fingerprint density at radius 2 is 2.00 bits per heavy atom. The van der Waals surface area contributed by atoms with Gasteiger partial charge in [0.25, 0.3) is 0 Å². The minimum Gasteiger partial charge on any atom is -0.439 e. The second-order valence-corrected chi connectivity index (χ2v) is 7.10. The van der Waals surface area contributed by atoms with Gasteiger partial charge in [-0.15, -0.1) is 11.7 Å². The molecule has 2 unspecified atom stereocenters. The molecule has 0 bridgehead atoms. The van der Waals surface area contributed by atoms with Crippen LogP contribution < -0.4 is 5.32 Å². The fraction of sp³-hybridized carbons (Fsp3) is 0.190. The van der Waals surface area contributed by atoms with E-state index in [1.165, 1.54) is 7.05 Å². The van der Waals surface area contributed by atoms with Crippen molar-refractivity contribution < 1.29 is 9.53 Å². The van der Waals surface area contributed by atoms with Gasteiger partial charge in [-0.2, -0.15) is 0 Å². The Morgan fingerprint density at radius 3 is 2.66 bits per heavy atom. The predicted octanol–water partition coefficient (Wildman–Crippen LogP) is 5.33. The number of nitrogens with one attached hydrogen (secondary N) is 1. The lowest BCUT2D eigenvalue weighted by molar-refractivity contribution is 0.0790. The monoisotopic (exact) mass is 430 g/mol. The Kier molecular flexibility index (Phi) is 6.90. The lowest BCUT2D eigenvalue weighted by Gasteiger charge is -2.27. The number of hydrogen-bond donors (Lipinski definition) is 1. The van der Waals surface area contributed by atoms with Gasteiger partial charge in [0.05, 0.1) is 21.9 Å². The third kappa shape index (κ3) is 4.78. The van der Waals surface area contributed by atoms with Crippen molar-refractivity contribution in [2.45, 2.75) is 18.4 Å². The average molecular weight is 431 g/mol. The SMILES string of the molecule is C=CCC(c1ccc(Cl)c(Cl)c1)C(OC(=O)NC)c1cnnn1-c1ccccc1. The molecule has 3 aromatic rings.